The molecule has 0 N–H and O–H groups in total. The molecule has 0 saturated heterocycles. The molecule has 0 aliphatic rings. The summed E-state index contributed by atoms with van der Waals surface area (Å²) in [4.78, 5) is 26.0. The molecule has 0 unspecified atom stereocenters. The van der Waals surface area contributed by atoms with Crippen molar-refractivity contribution >= 4 is 22.6 Å². The number of hydrogen-bond acceptors (Lipinski definition) is 4. The molecule has 3 rings (SSSR count). The van der Waals surface area contributed by atoms with Crippen LogP contribution in [0.1, 0.15) is 19.4 Å². The molecule has 0 saturated carbocycles. The van der Waals surface area contributed by atoms with Crippen LogP contribution in [0.15, 0.2) is 63.8 Å². The molecular weight excluding hydrogens is 330 g/mol. The topological polar surface area (TPSA) is 59.8 Å². The summed E-state index contributed by atoms with van der Waals surface area (Å²) in [5, 5.41) is 0.843. The number of anilines is 1. The van der Waals surface area contributed by atoms with Crippen LogP contribution in [0.4, 0.5) is 5.69 Å². The largest absolute Gasteiger partial charge is 0.481 e. The van der Waals surface area contributed by atoms with Gasteiger partial charge in [-0.3, -0.25) is 4.79 Å². The van der Waals surface area contributed by atoms with Crippen LogP contribution < -0.4 is 15.3 Å². The monoisotopic (exact) mass is 351 g/mol. The molecule has 0 spiro atoms. The molecule has 2 aromatic carbocycles. The maximum Gasteiger partial charge on any atom is 0.336 e. The summed E-state index contributed by atoms with van der Waals surface area (Å²) in [5.74, 6) is 0.348. The molecule has 0 aliphatic heterocycles. The van der Waals surface area contributed by atoms with E-state index in [1.165, 1.54) is 6.07 Å². The molecule has 0 aliphatic carbocycles. The fourth-order valence-corrected chi connectivity index (χ4v) is 2.93. The third-order valence-electron chi connectivity index (χ3n) is 4.23. The number of amides is 1. The van der Waals surface area contributed by atoms with Gasteiger partial charge in [-0.2, -0.15) is 0 Å². The van der Waals surface area contributed by atoms with Crippen molar-refractivity contribution in [3.8, 4) is 5.75 Å². The number of nitrogens with zero attached hydrogens (tertiary/aromatic N) is 1. The van der Waals surface area contributed by atoms with Gasteiger partial charge in [0.05, 0.1) is 0 Å². The molecule has 1 aromatic heterocycles. The maximum absolute atomic E-state index is 12.8. The van der Waals surface area contributed by atoms with Crippen LogP contribution in [-0.4, -0.2) is 18.6 Å². The predicted molar refractivity (Wildman–Crippen MR) is 102 cm³/mol. The van der Waals surface area contributed by atoms with Crippen molar-refractivity contribution in [1.29, 1.82) is 0 Å². The number of carbonyl (C=O) groups is 1. The van der Waals surface area contributed by atoms with E-state index < -0.39 is 11.7 Å². The Morgan fingerprint density at radius 2 is 1.88 bits per heavy atom. The standard InChI is InChI=1S/C21H21NO4/c1-4-22(16-8-6-5-7-9-16)21(24)15(3)25-17-10-11-18-14(2)12-20(23)26-19(18)13-17/h5-13,15H,4H2,1-3H3/t15-/m1/s1. The Balaban J connectivity index is 1.82. The molecule has 1 amide bonds. The van der Waals surface area contributed by atoms with Gasteiger partial charge in [0.2, 0.25) is 0 Å². The van der Waals surface area contributed by atoms with E-state index in [2.05, 4.69) is 0 Å². The molecule has 134 valence electrons. The minimum atomic E-state index is -0.677. The molecule has 26 heavy (non-hydrogen) atoms. The van der Waals surface area contributed by atoms with Gasteiger partial charge in [-0.15, -0.1) is 0 Å². The second-order valence-corrected chi connectivity index (χ2v) is 6.08. The third kappa shape index (κ3) is 3.61. The maximum atomic E-state index is 12.8. The summed E-state index contributed by atoms with van der Waals surface area (Å²) >= 11 is 0. The van der Waals surface area contributed by atoms with Crippen LogP contribution in [0.3, 0.4) is 0 Å². The van der Waals surface area contributed by atoms with Crippen LogP contribution in [0.25, 0.3) is 11.0 Å². The van der Waals surface area contributed by atoms with Crippen LogP contribution in [-0.2, 0) is 4.79 Å². The molecule has 0 fully saturated rings. The average Bonchev–Trinajstić information content (AvgIpc) is 2.62. The van der Waals surface area contributed by atoms with E-state index >= 15 is 0 Å². The van der Waals surface area contributed by atoms with Crippen LogP contribution in [0.5, 0.6) is 5.75 Å². The van der Waals surface area contributed by atoms with Crippen molar-refractivity contribution < 1.29 is 13.9 Å². The Morgan fingerprint density at radius 3 is 2.58 bits per heavy atom. The number of hydrogen-bond donors (Lipinski definition) is 0. The first kappa shape index (κ1) is 17.7. The average molecular weight is 351 g/mol. The van der Waals surface area contributed by atoms with Crippen LogP contribution >= 0.6 is 0 Å². The summed E-state index contributed by atoms with van der Waals surface area (Å²) in [6.07, 6.45) is -0.677. The van der Waals surface area contributed by atoms with E-state index in [4.69, 9.17) is 9.15 Å². The molecule has 5 nitrogen and oxygen atoms in total. The quantitative estimate of drug-likeness (QED) is 0.654. The summed E-state index contributed by atoms with van der Waals surface area (Å²) in [7, 11) is 0. The number of likely N-dealkylation sites (N-methyl/N-ethyl adjacent to an activating group) is 1. The van der Waals surface area contributed by atoms with Crippen molar-refractivity contribution in [1.82, 2.24) is 0 Å². The second kappa shape index (κ2) is 7.44. The fraction of sp³-hybridized carbons (Fsp3) is 0.238. The lowest BCUT2D eigenvalue weighted by molar-refractivity contribution is -0.124. The summed E-state index contributed by atoms with van der Waals surface area (Å²) in [6.45, 7) is 6.03. The molecular formula is C21H21NO4. The van der Waals surface area contributed by atoms with Crippen molar-refractivity contribution in [2.75, 3.05) is 11.4 Å². The van der Waals surface area contributed by atoms with Gasteiger partial charge in [-0.05, 0) is 50.6 Å². The van der Waals surface area contributed by atoms with Crippen molar-refractivity contribution in [2.45, 2.75) is 26.9 Å². The molecule has 0 bridgehead atoms. The number of para-hydroxylation sites is 1. The first-order valence-electron chi connectivity index (χ1n) is 8.57. The van der Waals surface area contributed by atoms with Crippen molar-refractivity contribution in [3.05, 3.63) is 70.6 Å². The van der Waals surface area contributed by atoms with E-state index in [9.17, 15) is 9.59 Å². The number of carbonyl (C=O) groups excluding carboxylic acids is 1. The zero-order chi connectivity index (χ0) is 18.7. The lowest BCUT2D eigenvalue weighted by Crippen LogP contribution is -2.40. The Morgan fingerprint density at radius 1 is 1.15 bits per heavy atom. The predicted octanol–water partition coefficient (Wildman–Crippen LogP) is 3.92. The van der Waals surface area contributed by atoms with E-state index in [1.54, 1.807) is 24.0 Å². The van der Waals surface area contributed by atoms with Gasteiger partial charge in [0, 0.05) is 29.8 Å². The lowest BCUT2D eigenvalue weighted by atomic mass is 10.1. The Labute approximate surface area is 151 Å². The molecule has 0 radical (unpaired) electrons. The smallest absolute Gasteiger partial charge is 0.336 e. The van der Waals surface area contributed by atoms with Crippen LogP contribution in [0, 0.1) is 6.92 Å². The number of fused-ring (bicyclic) bond motifs is 1. The first-order valence-corrected chi connectivity index (χ1v) is 8.57. The highest BCUT2D eigenvalue weighted by Gasteiger charge is 2.22. The highest BCUT2D eigenvalue weighted by molar-refractivity contribution is 5.96. The van der Waals surface area contributed by atoms with Crippen molar-refractivity contribution in [2.24, 2.45) is 0 Å². The lowest BCUT2D eigenvalue weighted by Gasteiger charge is -2.25. The van der Waals surface area contributed by atoms with Gasteiger partial charge in [0.15, 0.2) is 6.10 Å². The van der Waals surface area contributed by atoms with Gasteiger partial charge >= 0.3 is 5.63 Å². The minimum absolute atomic E-state index is 0.135. The zero-order valence-electron chi connectivity index (χ0n) is 15.1. The van der Waals surface area contributed by atoms with Gasteiger partial charge in [-0.1, -0.05) is 18.2 Å². The Kier molecular flexibility index (Phi) is 5.07. The van der Waals surface area contributed by atoms with E-state index in [0.29, 0.717) is 17.9 Å². The highest BCUT2D eigenvalue weighted by Crippen LogP contribution is 2.24. The van der Waals surface area contributed by atoms with Crippen molar-refractivity contribution in [3.63, 3.8) is 0 Å². The Hall–Kier alpha value is -3.08. The summed E-state index contributed by atoms with van der Waals surface area (Å²) in [5.41, 5.74) is 1.71. The van der Waals surface area contributed by atoms with Gasteiger partial charge in [0.25, 0.3) is 5.91 Å². The summed E-state index contributed by atoms with van der Waals surface area (Å²) in [6, 6.07) is 16.2. The normalized spacial score (nSPS) is 12.0. The SMILES string of the molecule is CCN(C(=O)[C@@H](C)Oc1ccc2c(C)cc(=O)oc2c1)c1ccccc1. The number of aryl methyl sites for hydroxylation is 1. The van der Waals surface area contributed by atoms with E-state index in [0.717, 1.165) is 16.6 Å². The highest BCUT2D eigenvalue weighted by atomic mass is 16.5. The molecule has 1 atom stereocenters. The molecule has 5 heteroatoms. The second-order valence-electron chi connectivity index (χ2n) is 6.08. The molecule has 1 heterocycles. The zero-order valence-corrected chi connectivity index (χ0v) is 15.1. The number of rotatable bonds is 5. The van der Waals surface area contributed by atoms with Gasteiger partial charge in [0.1, 0.15) is 11.3 Å². The number of ether oxygens (including phenoxy) is 1. The third-order valence-corrected chi connectivity index (χ3v) is 4.23. The minimum Gasteiger partial charge on any atom is -0.481 e. The van der Waals surface area contributed by atoms with Gasteiger partial charge < -0.3 is 14.1 Å². The van der Waals surface area contributed by atoms with Crippen LogP contribution in [0.2, 0.25) is 0 Å². The van der Waals surface area contributed by atoms with E-state index in [-0.39, 0.29) is 5.91 Å². The Bertz CT molecular complexity index is 978. The molecule has 3 aromatic rings. The fourth-order valence-electron chi connectivity index (χ4n) is 2.93. The van der Waals surface area contributed by atoms with E-state index in [1.807, 2.05) is 50.2 Å². The summed E-state index contributed by atoms with van der Waals surface area (Å²) < 4.78 is 11.0. The number of benzene rings is 2. The first-order chi connectivity index (χ1) is 12.5. The van der Waals surface area contributed by atoms with Gasteiger partial charge in [-0.25, -0.2) is 4.79 Å².